The minimum atomic E-state index is -0.338. The molecule has 0 spiro atoms. The lowest BCUT2D eigenvalue weighted by molar-refractivity contribution is 0.0692. The second-order valence-corrected chi connectivity index (χ2v) is 6.04. The molecular weight excluding hydrogens is 300 g/mol. The monoisotopic (exact) mass is 316 g/mol. The van der Waals surface area contributed by atoms with Crippen LogP contribution in [0.1, 0.15) is 15.9 Å². The zero-order chi connectivity index (χ0) is 15.1. The topological polar surface area (TPSA) is 26.3 Å². The van der Waals surface area contributed by atoms with Crippen LogP contribution in [0.3, 0.4) is 0 Å². The summed E-state index contributed by atoms with van der Waals surface area (Å²) in [6.45, 7) is 0. The van der Waals surface area contributed by atoms with Gasteiger partial charge in [0, 0.05) is 5.56 Å². The van der Waals surface area contributed by atoms with E-state index in [1.807, 2.05) is 61.0 Å². The van der Waals surface area contributed by atoms with Crippen molar-refractivity contribution in [2.75, 3.05) is 12.5 Å². The number of rotatable bonds is 5. The van der Waals surface area contributed by atoms with E-state index in [9.17, 15) is 4.79 Å². The summed E-state index contributed by atoms with van der Waals surface area (Å²) in [6.07, 6.45) is 3.95. The van der Waals surface area contributed by atoms with Crippen LogP contribution in [-0.2, 0) is 4.74 Å². The first kappa shape index (κ1) is 15.7. The summed E-state index contributed by atoms with van der Waals surface area (Å²) in [7, 11) is 0. The normalized spacial score (nSPS) is 10.0. The van der Waals surface area contributed by atoms with Crippen LogP contribution < -0.4 is 0 Å². The van der Waals surface area contributed by atoms with Crippen molar-refractivity contribution in [2.45, 2.75) is 0 Å². The van der Waals surface area contributed by atoms with E-state index in [-0.39, 0.29) is 5.97 Å². The fourth-order valence-electron chi connectivity index (χ4n) is 1.80. The molecule has 0 fully saturated rings. The maximum Gasteiger partial charge on any atom is 0.343 e. The van der Waals surface area contributed by atoms with Crippen LogP contribution >= 0.6 is 23.5 Å². The third-order valence-corrected chi connectivity index (χ3v) is 4.91. The van der Waals surface area contributed by atoms with Gasteiger partial charge >= 0.3 is 5.97 Å². The smallest absolute Gasteiger partial charge is 0.343 e. The van der Waals surface area contributed by atoms with E-state index in [0.717, 1.165) is 9.80 Å². The predicted octanol–water partition coefficient (Wildman–Crippen LogP) is 4.90. The van der Waals surface area contributed by atoms with Gasteiger partial charge in [0.05, 0.1) is 9.80 Å². The molecule has 0 N–H and O–H groups in total. The summed E-state index contributed by atoms with van der Waals surface area (Å²) in [4.78, 5) is 12.3. The van der Waals surface area contributed by atoms with E-state index in [2.05, 4.69) is 0 Å². The van der Waals surface area contributed by atoms with Gasteiger partial charge in [-0.3, -0.25) is 0 Å². The number of ether oxygens (including phenoxy) is 1. The lowest BCUT2D eigenvalue weighted by Crippen LogP contribution is -2.05. The fraction of sp³-hybridized carbons (Fsp3) is 0.118. The van der Waals surface area contributed by atoms with Gasteiger partial charge in [0.25, 0.3) is 0 Å². The average Bonchev–Trinajstić information content (AvgIpc) is 2.56. The minimum absolute atomic E-state index is 0.338. The molecule has 2 aromatic rings. The lowest BCUT2D eigenvalue weighted by atomic mass is 10.2. The van der Waals surface area contributed by atoms with Crippen molar-refractivity contribution in [1.82, 2.24) is 0 Å². The van der Waals surface area contributed by atoms with Crippen LogP contribution in [0.5, 0.6) is 0 Å². The van der Waals surface area contributed by atoms with Crippen molar-refractivity contribution < 1.29 is 9.53 Å². The lowest BCUT2D eigenvalue weighted by Gasteiger charge is -2.13. The van der Waals surface area contributed by atoms with Gasteiger partial charge in [-0.25, -0.2) is 4.79 Å². The molecule has 0 radical (unpaired) electrons. The van der Waals surface area contributed by atoms with Crippen molar-refractivity contribution in [3.8, 4) is 0 Å². The Morgan fingerprint density at radius 3 is 1.76 bits per heavy atom. The number of esters is 1. The quantitative estimate of drug-likeness (QED) is 0.579. The number of hydrogen-bond acceptors (Lipinski definition) is 4. The Kier molecular flexibility index (Phi) is 5.96. The van der Waals surface area contributed by atoms with Crippen LogP contribution in [0.4, 0.5) is 0 Å². The van der Waals surface area contributed by atoms with Gasteiger partial charge in [-0.1, -0.05) is 48.5 Å². The summed E-state index contributed by atoms with van der Waals surface area (Å²) in [5.41, 5.74) is 1.45. The second kappa shape index (κ2) is 7.96. The van der Waals surface area contributed by atoms with Crippen molar-refractivity contribution in [1.29, 1.82) is 0 Å². The standard InChI is InChI=1S/C17H16O2S2/c1-20-17(21-2)15(13-9-5-3-6-10-13)19-16(18)14-11-7-4-8-12-14/h3-12H,1-2H3. The number of hydrogen-bond donors (Lipinski definition) is 0. The Balaban J connectivity index is 2.34. The zero-order valence-corrected chi connectivity index (χ0v) is 13.5. The molecular formula is C17H16O2S2. The van der Waals surface area contributed by atoms with E-state index < -0.39 is 0 Å². The highest BCUT2D eigenvalue weighted by Crippen LogP contribution is 2.34. The highest BCUT2D eigenvalue weighted by atomic mass is 32.2. The Bertz CT molecular complexity index is 616. The van der Waals surface area contributed by atoms with Gasteiger partial charge < -0.3 is 4.74 Å². The minimum Gasteiger partial charge on any atom is -0.421 e. The number of carbonyl (C=O) groups excluding carboxylic acids is 1. The van der Waals surface area contributed by atoms with Gasteiger partial charge in [-0.15, -0.1) is 23.5 Å². The molecule has 0 aliphatic carbocycles. The van der Waals surface area contributed by atoms with Crippen LogP contribution in [-0.4, -0.2) is 18.5 Å². The van der Waals surface area contributed by atoms with Gasteiger partial charge in [-0.2, -0.15) is 0 Å². The molecule has 0 atom stereocenters. The van der Waals surface area contributed by atoms with Gasteiger partial charge in [0.1, 0.15) is 0 Å². The molecule has 0 aliphatic rings. The Morgan fingerprint density at radius 1 is 0.810 bits per heavy atom. The molecule has 0 heterocycles. The Hall–Kier alpha value is -1.65. The first-order valence-corrected chi connectivity index (χ1v) is 8.86. The molecule has 4 heteroatoms. The number of thioether (sulfide) groups is 2. The van der Waals surface area contributed by atoms with Crippen molar-refractivity contribution in [3.63, 3.8) is 0 Å². The molecule has 108 valence electrons. The second-order valence-electron chi connectivity index (χ2n) is 4.15. The predicted molar refractivity (Wildman–Crippen MR) is 92.2 cm³/mol. The molecule has 0 unspecified atom stereocenters. The molecule has 2 nitrogen and oxygen atoms in total. The maximum absolute atomic E-state index is 12.3. The summed E-state index contributed by atoms with van der Waals surface area (Å²) >= 11 is 3.15. The van der Waals surface area contributed by atoms with Gasteiger partial charge in [0.2, 0.25) is 0 Å². The zero-order valence-electron chi connectivity index (χ0n) is 11.9. The molecule has 0 aliphatic heterocycles. The van der Waals surface area contributed by atoms with E-state index in [0.29, 0.717) is 11.3 Å². The molecule has 0 aromatic heterocycles. The molecule has 0 bridgehead atoms. The van der Waals surface area contributed by atoms with Crippen LogP contribution in [0.2, 0.25) is 0 Å². The summed E-state index contributed by atoms with van der Waals surface area (Å²) in [5.74, 6) is 0.277. The summed E-state index contributed by atoms with van der Waals surface area (Å²) < 4.78 is 6.64. The van der Waals surface area contributed by atoms with E-state index in [1.54, 1.807) is 35.7 Å². The Morgan fingerprint density at radius 2 is 1.29 bits per heavy atom. The summed E-state index contributed by atoms with van der Waals surface area (Å²) in [6, 6.07) is 18.7. The van der Waals surface area contributed by atoms with Gasteiger partial charge in [0.15, 0.2) is 5.76 Å². The van der Waals surface area contributed by atoms with Crippen molar-refractivity contribution in [2.24, 2.45) is 0 Å². The number of carbonyl (C=O) groups is 1. The first-order valence-electron chi connectivity index (χ1n) is 6.41. The van der Waals surface area contributed by atoms with Crippen LogP contribution in [0, 0.1) is 0 Å². The maximum atomic E-state index is 12.3. The average molecular weight is 316 g/mol. The fourth-order valence-corrected chi connectivity index (χ4v) is 3.16. The van der Waals surface area contributed by atoms with Crippen molar-refractivity contribution >= 4 is 35.3 Å². The molecule has 2 rings (SSSR count). The third kappa shape index (κ3) is 4.16. The molecule has 2 aromatic carbocycles. The Labute approximate surface area is 133 Å². The van der Waals surface area contributed by atoms with Crippen molar-refractivity contribution in [3.05, 3.63) is 76.0 Å². The van der Waals surface area contributed by atoms with E-state index in [1.165, 1.54) is 0 Å². The highest BCUT2D eigenvalue weighted by molar-refractivity contribution is 8.21. The van der Waals surface area contributed by atoms with E-state index >= 15 is 0 Å². The largest absolute Gasteiger partial charge is 0.421 e. The summed E-state index contributed by atoms with van der Waals surface area (Å²) in [5, 5.41) is 0. The molecule has 0 amide bonds. The molecule has 0 saturated heterocycles. The molecule has 0 saturated carbocycles. The first-order chi connectivity index (χ1) is 10.3. The third-order valence-electron chi connectivity index (χ3n) is 2.80. The van der Waals surface area contributed by atoms with E-state index in [4.69, 9.17) is 4.74 Å². The molecule has 21 heavy (non-hydrogen) atoms. The van der Waals surface area contributed by atoms with Gasteiger partial charge in [-0.05, 0) is 24.6 Å². The van der Waals surface area contributed by atoms with Crippen LogP contribution in [0.15, 0.2) is 64.9 Å². The van der Waals surface area contributed by atoms with Crippen LogP contribution in [0.25, 0.3) is 5.76 Å². The SMILES string of the molecule is CSC(SC)=C(OC(=O)c1ccccc1)c1ccccc1. The number of benzene rings is 2. The highest BCUT2D eigenvalue weighted by Gasteiger charge is 2.15.